The normalized spacial score (nSPS) is 11.9. The summed E-state index contributed by atoms with van der Waals surface area (Å²) in [6.45, 7) is 0.166. The third-order valence-corrected chi connectivity index (χ3v) is 1.94. The van der Waals surface area contributed by atoms with Crippen molar-refractivity contribution >= 4 is 5.97 Å². The van der Waals surface area contributed by atoms with Gasteiger partial charge in [0.05, 0.1) is 13.5 Å². The van der Waals surface area contributed by atoms with Gasteiger partial charge in [-0.05, 0) is 12.1 Å². The number of ether oxygens (including phenoxy) is 2. The number of hydrogen-bond acceptors (Lipinski definition) is 4. The Kier molecular flexibility index (Phi) is 4.60. The van der Waals surface area contributed by atoms with E-state index in [0.29, 0.717) is 11.5 Å². The van der Waals surface area contributed by atoms with Crippen molar-refractivity contribution in [3.63, 3.8) is 0 Å². The van der Waals surface area contributed by atoms with Crippen molar-refractivity contribution in [1.82, 2.24) is 0 Å². The molecule has 0 saturated heterocycles. The second kappa shape index (κ2) is 5.97. The maximum atomic E-state index is 10.4. The molecule has 0 aliphatic carbocycles. The Hall–Kier alpha value is -1.75. The van der Waals surface area contributed by atoms with Crippen LogP contribution in [0.15, 0.2) is 24.3 Å². The summed E-state index contributed by atoms with van der Waals surface area (Å²) in [5.41, 5.74) is 5.56. The van der Waals surface area contributed by atoms with E-state index in [4.69, 9.17) is 20.3 Å². The first-order valence-corrected chi connectivity index (χ1v) is 4.86. The van der Waals surface area contributed by atoms with Crippen molar-refractivity contribution in [3.8, 4) is 11.5 Å². The molecule has 0 spiro atoms. The summed E-state index contributed by atoms with van der Waals surface area (Å²) in [6, 6.07) is 6.55. The summed E-state index contributed by atoms with van der Waals surface area (Å²) in [6.07, 6.45) is -0.107. The molecule has 88 valence electrons. The lowest BCUT2D eigenvalue weighted by atomic mass is 10.2. The third-order valence-electron chi connectivity index (χ3n) is 1.94. The molecular weight excluding hydrogens is 210 g/mol. The Morgan fingerprint density at radius 2 is 2.19 bits per heavy atom. The van der Waals surface area contributed by atoms with E-state index in [1.807, 2.05) is 0 Å². The van der Waals surface area contributed by atoms with Gasteiger partial charge in [-0.2, -0.15) is 0 Å². The fourth-order valence-corrected chi connectivity index (χ4v) is 1.18. The molecule has 0 bridgehead atoms. The summed E-state index contributed by atoms with van der Waals surface area (Å²) < 4.78 is 10.4. The molecule has 1 atom stereocenters. The van der Waals surface area contributed by atoms with Crippen molar-refractivity contribution in [2.45, 2.75) is 12.5 Å². The molecule has 5 heteroatoms. The van der Waals surface area contributed by atoms with Crippen LogP contribution in [-0.2, 0) is 4.79 Å². The maximum Gasteiger partial charge on any atom is 0.305 e. The van der Waals surface area contributed by atoms with Gasteiger partial charge in [-0.25, -0.2) is 0 Å². The van der Waals surface area contributed by atoms with Gasteiger partial charge in [-0.1, -0.05) is 6.07 Å². The van der Waals surface area contributed by atoms with E-state index < -0.39 is 12.0 Å². The smallest absolute Gasteiger partial charge is 0.305 e. The zero-order valence-corrected chi connectivity index (χ0v) is 9.05. The Bertz CT molecular complexity index is 354. The highest BCUT2D eigenvalue weighted by atomic mass is 16.5. The molecule has 1 aromatic carbocycles. The van der Waals surface area contributed by atoms with E-state index in [2.05, 4.69) is 0 Å². The second-order valence-electron chi connectivity index (χ2n) is 3.35. The van der Waals surface area contributed by atoms with E-state index in [0.717, 1.165) is 0 Å². The predicted molar refractivity (Wildman–Crippen MR) is 58.7 cm³/mol. The SMILES string of the molecule is COc1cccc(OCC(N)CC(=O)O)c1. The number of benzene rings is 1. The quantitative estimate of drug-likeness (QED) is 0.750. The molecule has 0 aliphatic rings. The number of hydrogen-bond donors (Lipinski definition) is 2. The molecule has 0 fully saturated rings. The van der Waals surface area contributed by atoms with Crippen molar-refractivity contribution in [1.29, 1.82) is 0 Å². The lowest BCUT2D eigenvalue weighted by molar-refractivity contribution is -0.137. The second-order valence-corrected chi connectivity index (χ2v) is 3.35. The largest absolute Gasteiger partial charge is 0.497 e. The lowest BCUT2D eigenvalue weighted by Crippen LogP contribution is -2.30. The van der Waals surface area contributed by atoms with Crippen LogP contribution in [0, 0.1) is 0 Å². The average Bonchev–Trinajstić information content (AvgIpc) is 2.26. The van der Waals surface area contributed by atoms with Crippen molar-refractivity contribution in [3.05, 3.63) is 24.3 Å². The molecular formula is C11H15NO4. The average molecular weight is 225 g/mol. The molecule has 16 heavy (non-hydrogen) atoms. The number of rotatable bonds is 6. The van der Waals surface area contributed by atoms with E-state index in [1.165, 1.54) is 0 Å². The molecule has 0 aliphatic heterocycles. The monoisotopic (exact) mass is 225 g/mol. The number of carboxylic acid groups (broad SMARTS) is 1. The molecule has 5 nitrogen and oxygen atoms in total. The van der Waals surface area contributed by atoms with E-state index in [1.54, 1.807) is 31.4 Å². The van der Waals surface area contributed by atoms with Gasteiger partial charge in [0, 0.05) is 12.1 Å². The Morgan fingerprint density at radius 1 is 1.50 bits per heavy atom. The molecule has 1 rings (SSSR count). The number of nitrogens with two attached hydrogens (primary N) is 1. The highest BCUT2D eigenvalue weighted by molar-refractivity contribution is 5.67. The van der Waals surface area contributed by atoms with Crippen LogP contribution < -0.4 is 15.2 Å². The minimum absolute atomic E-state index is 0.107. The minimum atomic E-state index is -0.929. The standard InChI is InChI=1S/C11H15NO4/c1-15-9-3-2-4-10(6-9)16-7-8(12)5-11(13)14/h2-4,6,8H,5,7,12H2,1H3,(H,13,14). The van der Waals surface area contributed by atoms with E-state index in [9.17, 15) is 4.79 Å². The summed E-state index contributed by atoms with van der Waals surface area (Å²) in [4.78, 5) is 10.4. The number of aliphatic carboxylic acids is 1. The Labute approximate surface area is 93.8 Å². The van der Waals surface area contributed by atoms with Crippen LogP contribution >= 0.6 is 0 Å². The maximum absolute atomic E-state index is 10.4. The van der Waals surface area contributed by atoms with Crippen molar-refractivity contribution < 1.29 is 19.4 Å². The highest BCUT2D eigenvalue weighted by Gasteiger charge is 2.08. The van der Waals surface area contributed by atoms with Gasteiger partial charge in [-0.3, -0.25) is 4.79 Å². The topological polar surface area (TPSA) is 81.8 Å². The van der Waals surface area contributed by atoms with Crippen LogP contribution in [0.2, 0.25) is 0 Å². The van der Waals surface area contributed by atoms with Gasteiger partial charge in [0.15, 0.2) is 0 Å². The molecule has 1 unspecified atom stereocenters. The van der Waals surface area contributed by atoms with Crippen LogP contribution in [0.1, 0.15) is 6.42 Å². The van der Waals surface area contributed by atoms with Gasteiger partial charge in [0.25, 0.3) is 0 Å². The number of carbonyl (C=O) groups is 1. The zero-order valence-electron chi connectivity index (χ0n) is 9.05. The first kappa shape index (κ1) is 12.3. The van der Waals surface area contributed by atoms with Gasteiger partial charge in [-0.15, -0.1) is 0 Å². The predicted octanol–water partition coefficient (Wildman–Crippen LogP) is 0.876. The summed E-state index contributed by atoms with van der Waals surface area (Å²) >= 11 is 0. The Balaban J connectivity index is 2.44. The molecule has 0 saturated carbocycles. The first-order chi connectivity index (χ1) is 7.61. The third kappa shape index (κ3) is 4.18. The minimum Gasteiger partial charge on any atom is -0.497 e. The highest BCUT2D eigenvalue weighted by Crippen LogP contribution is 2.18. The summed E-state index contributed by atoms with van der Waals surface area (Å²) in [5, 5.41) is 8.51. The zero-order chi connectivity index (χ0) is 12.0. The molecule has 0 amide bonds. The fourth-order valence-electron chi connectivity index (χ4n) is 1.18. The van der Waals surface area contributed by atoms with E-state index >= 15 is 0 Å². The van der Waals surface area contributed by atoms with Crippen LogP contribution in [0.3, 0.4) is 0 Å². The van der Waals surface area contributed by atoms with Crippen LogP contribution in [-0.4, -0.2) is 30.8 Å². The number of methoxy groups -OCH3 is 1. The fraction of sp³-hybridized carbons (Fsp3) is 0.364. The molecule has 0 heterocycles. The van der Waals surface area contributed by atoms with Gasteiger partial charge < -0.3 is 20.3 Å². The molecule has 0 radical (unpaired) electrons. The summed E-state index contributed by atoms with van der Waals surface area (Å²) in [5.74, 6) is 0.367. The van der Waals surface area contributed by atoms with Crippen LogP contribution in [0.25, 0.3) is 0 Å². The summed E-state index contributed by atoms with van der Waals surface area (Å²) in [7, 11) is 1.56. The van der Waals surface area contributed by atoms with Gasteiger partial charge >= 0.3 is 5.97 Å². The van der Waals surface area contributed by atoms with E-state index in [-0.39, 0.29) is 13.0 Å². The van der Waals surface area contributed by atoms with Crippen molar-refractivity contribution in [2.75, 3.05) is 13.7 Å². The first-order valence-electron chi connectivity index (χ1n) is 4.86. The van der Waals surface area contributed by atoms with Crippen LogP contribution in [0.4, 0.5) is 0 Å². The Morgan fingerprint density at radius 3 is 2.81 bits per heavy atom. The lowest BCUT2D eigenvalue weighted by Gasteiger charge is -2.11. The van der Waals surface area contributed by atoms with Gasteiger partial charge in [0.2, 0.25) is 0 Å². The van der Waals surface area contributed by atoms with Crippen molar-refractivity contribution in [2.24, 2.45) is 5.73 Å². The molecule has 0 aromatic heterocycles. The number of carboxylic acids is 1. The van der Waals surface area contributed by atoms with Gasteiger partial charge in [0.1, 0.15) is 18.1 Å². The molecule has 3 N–H and O–H groups in total. The van der Waals surface area contributed by atoms with Crippen LogP contribution in [0.5, 0.6) is 11.5 Å². The molecule has 1 aromatic rings.